The Hall–Kier alpha value is -1.91. The fourth-order valence-corrected chi connectivity index (χ4v) is 2.64. The van der Waals surface area contributed by atoms with E-state index in [0.717, 1.165) is 17.5 Å². The molecule has 1 fully saturated rings. The van der Waals surface area contributed by atoms with Gasteiger partial charge in [-0.05, 0) is 30.2 Å². The van der Waals surface area contributed by atoms with Gasteiger partial charge < -0.3 is 10.6 Å². The lowest BCUT2D eigenvalue weighted by Crippen LogP contribution is -2.31. The molecule has 2 aromatic rings. The molecular formula is C16H16ClN3O. The van der Waals surface area contributed by atoms with Crippen LogP contribution in [0.4, 0.5) is 0 Å². The first-order valence-electron chi connectivity index (χ1n) is 6.89. The molecule has 1 saturated heterocycles. The molecule has 1 aromatic carbocycles. The van der Waals surface area contributed by atoms with E-state index in [1.54, 1.807) is 17.3 Å². The Balaban J connectivity index is 1.86. The Morgan fingerprint density at radius 3 is 2.67 bits per heavy atom. The minimum atomic E-state index is -0.00809. The van der Waals surface area contributed by atoms with Gasteiger partial charge in [0.05, 0.1) is 5.56 Å². The maximum Gasteiger partial charge on any atom is 0.255 e. The molecule has 2 N–H and O–H groups in total. The number of amides is 1. The number of carbonyl (C=O) groups excluding carboxylic acids is 1. The first-order valence-corrected chi connectivity index (χ1v) is 7.27. The Bertz CT molecular complexity index is 657. The Morgan fingerprint density at radius 2 is 2.00 bits per heavy atom. The average Bonchev–Trinajstić information content (AvgIpc) is 2.94. The lowest BCUT2D eigenvalue weighted by Gasteiger charge is -2.16. The van der Waals surface area contributed by atoms with Crippen molar-refractivity contribution < 1.29 is 4.79 Å². The highest BCUT2D eigenvalue weighted by atomic mass is 35.5. The summed E-state index contributed by atoms with van der Waals surface area (Å²) in [5, 5.41) is 0.685. The summed E-state index contributed by atoms with van der Waals surface area (Å²) in [7, 11) is 0. The number of benzene rings is 1. The molecule has 1 amide bonds. The fourth-order valence-electron chi connectivity index (χ4n) is 2.51. The normalized spacial score (nSPS) is 18.0. The molecule has 0 aliphatic carbocycles. The summed E-state index contributed by atoms with van der Waals surface area (Å²) in [6.07, 6.45) is 4.21. The molecule has 0 radical (unpaired) electrons. The molecule has 1 aromatic heterocycles. The van der Waals surface area contributed by atoms with Gasteiger partial charge in [0.25, 0.3) is 5.91 Å². The minimum absolute atomic E-state index is 0.00809. The molecule has 1 aliphatic heterocycles. The number of rotatable bonds is 2. The van der Waals surface area contributed by atoms with Crippen molar-refractivity contribution in [3.05, 3.63) is 53.3 Å². The molecule has 108 valence electrons. The second kappa shape index (κ2) is 5.84. The molecule has 21 heavy (non-hydrogen) atoms. The highest BCUT2D eigenvalue weighted by Gasteiger charge is 2.24. The number of hydrogen-bond donors (Lipinski definition) is 1. The maximum absolute atomic E-state index is 12.4. The van der Waals surface area contributed by atoms with Crippen molar-refractivity contribution in [3.8, 4) is 11.1 Å². The molecule has 4 nitrogen and oxygen atoms in total. The van der Waals surface area contributed by atoms with E-state index in [2.05, 4.69) is 4.98 Å². The predicted octanol–water partition coefficient (Wildman–Crippen LogP) is 2.58. The number of likely N-dealkylation sites (tertiary alicyclic amines) is 1. The molecule has 0 spiro atoms. The number of carbonyl (C=O) groups is 1. The fraction of sp³-hybridized carbons (Fsp3) is 0.250. The van der Waals surface area contributed by atoms with E-state index in [-0.39, 0.29) is 11.9 Å². The van der Waals surface area contributed by atoms with Gasteiger partial charge in [0.1, 0.15) is 0 Å². The van der Waals surface area contributed by atoms with Gasteiger partial charge in [-0.3, -0.25) is 9.78 Å². The number of nitrogens with two attached hydrogens (primary N) is 1. The largest absolute Gasteiger partial charge is 0.337 e. The van der Waals surface area contributed by atoms with Crippen LogP contribution < -0.4 is 5.73 Å². The van der Waals surface area contributed by atoms with Crippen LogP contribution in [-0.2, 0) is 0 Å². The summed E-state index contributed by atoms with van der Waals surface area (Å²) >= 11 is 5.89. The average molecular weight is 302 g/mol. The number of pyridine rings is 1. The molecule has 5 heteroatoms. The molecule has 3 rings (SSSR count). The smallest absolute Gasteiger partial charge is 0.255 e. The van der Waals surface area contributed by atoms with Crippen molar-refractivity contribution in [2.75, 3.05) is 13.1 Å². The van der Waals surface area contributed by atoms with E-state index in [4.69, 9.17) is 17.3 Å². The zero-order chi connectivity index (χ0) is 14.8. The molecule has 0 saturated carbocycles. The maximum atomic E-state index is 12.4. The summed E-state index contributed by atoms with van der Waals surface area (Å²) in [5.74, 6) is -0.00809. The number of halogens is 1. The molecule has 2 heterocycles. The van der Waals surface area contributed by atoms with Crippen LogP contribution in [0.1, 0.15) is 16.8 Å². The quantitative estimate of drug-likeness (QED) is 0.927. The van der Waals surface area contributed by atoms with E-state index in [0.29, 0.717) is 23.7 Å². The summed E-state index contributed by atoms with van der Waals surface area (Å²) in [5.41, 5.74) is 8.34. The van der Waals surface area contributed by atoms with Crippen molar-refractivity contribution in [1.29, 1.82) is 0 Å². The summed E-state index contributed by atoms with van der Waals surface area (Å²) in [4.78, 5) is 18.4. The first kappa shape index (κ1) is 14.0. The van der Waals surface area contributed by atoms with E-state index in [9.17, 15) is 4.79 Å². The van der Waals surface area contributed by atoms with E-state index < -0.39 is 0 Å². The van der Waals surface area contributed by atoms with Crippen LogP contribution in [0.5, 0.6) is 0 Å². The first-order chi connectivity index (χ1) is 10.1. The predicted molar refractivity (Wildman–Crippen MR) is 83.2 cm³/mol. The van der Waals surface area contributed by atoms with E-state index in [1.807, 2.05) is 30.3 Å². The van der Waals surface area contributed by atoms with Crippen LogP contribution in [0.3, 0.4) is 0 Å². The third-order valence-corrected chi connectivity index (χ3v) is 3.93. The van der Waals surface area contributed by atoms with Crippen LogP contribution in [0.15, 0.2) is 42.7 Å². The lowest BCUT2D eigenvalue weighted by molar-refractivity contribution is 0.0790. The van der Waals surface area contributed by atoms with Crippen molar-refractivity contribution in [2.24, 2.45) is 5.73 Å². The molecule has 1 atom stereocenters. The summed E-state index contributed by atoms with van der Waals surface area (Å²) < 4.78 is 0. The number of hydrogen-bond acceptors (Lipinski definition) is 3. The second-order valence-electron chi connectivity index (χ2n) is 5.27. The van der Waals surface area contributed by atoms with Crippen LogP contribution in [0.25, 0.3) is 11.1 Å². The SMILES string of the molecule is N[C@@H]1CCN(C(=O)c2cncc(-c3ccc(Cl)cc3)c2)C1. The Kier molecular flexibility index (Phi) is 3.90. The lowest BCUT2D eigenvalue weighted by atomic mass is 10.1. The standard InChI is InChI=1S/C16H16ClN3O/c17-14-3-1-11(2-4-14)12-7-13(9-19-8-12)16(21)20-6-5-15(18)10-20/h1-4,7-9,15H,5-6,10,18H2/t15-/m1/s1. The van der Waals surface area contributed by atoms with Gasteiger partial charge in [-0.2, -0.15) is 0 Å². The summed E-state index contributed by atoms with van der Waals surface area (Å²) in [6, 6.07) is 9.43. The van der Waals surface area contributed by atoms with Gasteiger partial charge in [-0.1, -0.05) is 23.7 Å². The molecule has 0 unspecified atom stereocenters. The van der Waals surface area contributed by atoms with Crippen molar-refractivity contribution in [2.45, 2.75) is 12.5 Å². The molecule has 0 bridgehead atoms. The van der Waals surface area contributed by atoms with Crippen molar-refractivity contribution >= 4 is 17.5 Å². The summed E-state index contributed by atoms with van der Waals surface area (Å²) in [6.45, 7) is 1.33. The van der Waals surface area contributed by atoms with Gasteiger partial charge in [0.2, 0.25) is 0 Å². The third-order valence-electron chi connectivity index (χ3n) is 3.67. The van der Waals surface area contributed by atoms with E-state index in [1.165, 1.54) is 0 Å². The zero-order valence-corrected chi connectivity index (χ0v) is 12.3. The minimum Gasteiger partial charge on any atom is -0.337 e. The van der Waals surface area contributed by atoms with Crippen molar-refractivity contribution in [1.82, 2.24) is 9.88 Å². The van der Waals surface area contributed by atoms with E-state index >= 15 is 0 Å². The third kappa shape index (κ3) is 3.06. The van der Waals surface area contributed by atoms with Crippen LogP contribution in [-0.4, -0.2) is 34.9 Å². The van der Waals surface area contributed by atoms with Gasteiger partial charge in [0.15, 0.2) is 0 Å². The number of nitrogens with zero attached hydrogens (tertiary/aromatic N) is 2. The Morgan fingerprint density at radius 1 is 1.24 bits per heavy atom. The van der Waals surface area contributed by atoms with Gasteiger partial charge in [0, 0.05) is 42.1 Å². The van der Waals surface area contributed by atoms with Crippen LogP contribution in [0, 0.1) is 0 Å². The monoisotopic (exact) mass is 301 g/mol. The topological polar surface area (TPSA) is 59.2 Å². The number of aromatic nitrogens is 1. The molecular weight excluding hydrogens is 286 g/mol. The highest BCUT2D eigenvalue weighted by Crippen LogP contribution is 2.22. The van der Waals surface area contributed by atoms with Crippen LogP contribution in [0.2, 0.25) is 5.02 Å². The zero-order valence-electron chi connectivity index (χ0n) is 11.5. The molecule has 1 aliphatic rings. The Labute approximate surface area is 128 Å². The second-order valence-corrected chi connectivity index (χ2v) is 5.71. The van der Waals surface area contributed by atoms with Crippen molar-refractivity contribution in [3.63, 3.8) is 0 Å². The highest BCUT2D eigenvalue weighted by molar-refractivity contribution is 6.30. The van der Waals surface area contributed by atoms with Crippen LogP contribution >= 0.6 is 11.6 Å². The van der Waals surface area contributed by atoms with Gasteiger partial charge >= 0.3 is 0 Å². The van der Waals surface area contributed by atoms with Gasteiger partial charge in [-0.25, -0.2) is 0 Å². The van der Waals surface area contributed by atoms with Gasteiger partial charge in [-0.15, -0.1) is 0 Å².